The zero-order chi connectivity index (χ0) is 28.3. The highest BCUT2D eigenvalue weighted by atomic mass is 32.1. The van der Waals surface area contributed by atoms with Crippen molar-refractivity contribution in [1.29, 1.82) is 0 Å². The van der Waals surface area contributed by atoms with Gasteiger partial charge < -0.3 is 4.90 Å². The molecule has 1 nitrogen and oxygen atoms in total. The molecule has 0 bridgehead atoms. The van der Waals surface area contributed by atoms with Gasteiger partial charge in [0.05, 0.1) is 20.8 Å². The molecule has 0 fully saturated rings. The highest BCUT2D eigenvalue weighted by Crippen LogP contribution is 2.52. The van der Waals surface area contributed by atoms with Crippen molar-refractivity contribution in [3.63, 3.8) is 0 Å². The first kappa shape index (κ1) is 24.6. The van der Waals surface area contributed by atoms with Crippen molar-refractivity contribution in [2.45, 2.75) is 0 Å². The lowest BCUT2D eigenvalue weighted by atomic mass is 9.99. The lowest BCUT2D eigenvalue weighted by Crippen LogP contribution is -2.11. The van der Waals surface area contributed by atoms with Crippen molar-refractivity contribution >= 4 is 90.9 Å². The molecule has 2 aromatic heterocycles. The fourth-order valence-electron chi connectivity index (χ4n) is 6.46. The lowest BCUT2D eigenvalue weighted by molar-refractivity contribution is 1.33. The molecule has 0 saturated heterocycles. The molecule has 0 unspecified atom stereocenters. The lowest BCUT2D eigenvalue weighted by Gasteiger charge is -2.29. The maximum atomic E-state index is 2.53. The summed E-state index contributed by atoms with van der Waals surface area (Å²) < 4.78 is 5.22. The Morgan fingerprint density at radius 2 is 1.05 bits per heavy atom. The predicted octanol–water partition coefficient (Wildman–Crippen LogP) is 12.7. The number of thiophene rings is 2. The fraction of sp³-hybridized carbons (Fsp3) is 0. The minimum atomic E-state index is 1.16. The van der Waals surface area contributed by atoms with E-state index in [1.54, 1.807) is 0 Å². The van der Waals surface area contributed by atoms with Crippen molar-refractivity contribution in [3.8, 4) is 11.1 Å². The Bertz CT molecular complexity index is 2470. The number of benzene rings is 7. The first-order valence-corrected chi connectivity index (χ1v) is 16.2. The highest BCUT2D eigenvalue weighted by molar-refractivity contribution is 7.27. The normalized spacial score (nSPS) is 11.7. The molecule has 0 aliphatic heterocycles. The first-order valence-electron chi connectivity index (χ1n) is 14.5. The minimum absolute atomic E-state index is 1.16. The zero-order valence-electron chi connectivity index (χ0n) is 23.2. The summed E-state index contributed by atoms with van der Waals surface area (Å²) in [6.07, 6.45) is 0. The maximum Gasteiger partial charge on any atom is 0.0719 e. The third kappa shape index (κ3) is 3.90. The molecule has 0 aliphatic carbocycles. The average molecular weight is 584 g/mol. The first-order chi connectivity index (χ1) is 21.3. The predicted molar refractivity (Wildman–Crippen MR) is 190 cm³/mol. The largest absolute Gasteiger partial charge is 0.307 e. The Morgan fingerprint density at radius 3 is 1.84 bits per heavy atom. The minimum Gasteiger partial charge on any atom is -0.307 e. The van der Waals surface area contributed by atoms with Gasteiger partial charge in [-0.25, -0.2) is 0 Å². The van der Waals surface area contributed by atoms with Gasteiger partial charge in [-0.1, -0.05) is 121 Å². The summed E-state index contributed by atoms with van der Waals surface area (Å²) in [7, 11) is 0. The van der Waals surface area contributed by atoms with Crippen molar-refractivity contribution in [2.24, 2.45) is 0 Å². The van der Waals surface area contributed by atoms with Crippen LogP contribution in [0.2, 0.25) is 0 Å². The topological polar surface area (TPSA) is 3.24 Å². The van der Waals surface area contributed by atoms with Gasteiger partial charge in [-0.3, -0.25) is 0 Å². The smallest absolute Gasteiger partial charge is 0.0719 e. The van der Waals surface area contributed by atoms with Gasteiger partial charge in [-0.15, -0.1) is 22.7 Å². The second-order valence-electron chi connectivity index (χ2n) is 10.9. The number of hydrogen-bond donors (Lipinski definition) is 0. The molecular weight excluding hydrogens is 559 g/mol. The van der Waals surface area contributed by atoms with Crippen LogP contribution in [0.4, 0.5) is 17.1 Å². The van der Waals surface area contributed by atoms with E-state index in [9.17, 15) is 0 Å². The van der Waals surface area contributed by atoms with E-state index in [0.29, 0.717) is 0 Å². The van der Waals surface area contributed by atoms with Crippen LogP contribution in [0, 0.1) is 0 Å². The van der Waals surface area contributed by atoms with Crippen molar-refractivity contribution < 1.29 is 0 Å². The summed E-state index contributed by atoms with van der Waals surface area (Å²) in [5, 5.41) is 7.69. The summed E-state index contributed by atoms with van der Waals surface area (Å²) in [5.74, 6) is 0. The molecule has 3 heteroatoms. The third-order valence-corrected chi connectivity index (χ3v) is 10.8. The molecule has 9 aromatic rings. The van der Waals surface area contributed by atoms with Crippen molar-refractivity contribution in [3.05, 3.63) is 152 Å². The average Bonchev–Trinajstić information content (AvgIpc) is 3.64. The van der Waals surface area contributed by atoms with Gasteiger partial charge in [-0.05, 0) is 46.7 Å². The number of nitrogens with zero attached hydrogens (tertiary/aromatic N) is 1. The molecule has 0 atom stereocenters. The number of fused-ring (bicyclic) bond motifs is 7. The summed E-state index contributed by atoms with van der Waals surface area (Å²) >= 11 is 3.77. The maximum absolute atomic E-state index is 2.53. The third-order valence-electron chi connectivity index (χ3n) is 8.44. The molecule has 0 spiro atoms. The SMILES string of the molecule is c1ccc(-c2ccc3c(sc4ccccc43)c2N(c2ccc3ccccc3c2)c2cccc3c2sc2ccccc23)cc1. The summed E-state index contributed by atoms with van der Waals surface area (Å²) in [6, 6.07) is 55.4. The number of hydrogen-bond acceptors (Lipinski definition) is 3. The van der Waals surface area contributed by atoms with Gasteiger partial charge in [0.2, 0.25) is 0 Å². The van der Waals surface area contributed by atoms with Gasteiger partial charge in [-0.2, -0.15) is 0 Å². The van der Waals surface area contributed by atoms with E-state index < -0.39 is 0 Å². The second kappa shape index (κ2) is 9.81. The molecule has 7 aromatic carbocycles. The van der Waals surface area contributed by atoms with Crippen LogP contribution >= 0.6 is 22.7 Å². The molecule has 0 amide bonds. The highest BCUT2D eigenvalue weighted by Gasteiger charge is 2.25. The molecule has 0 saturated carbocycles. The number of anilines is 3. The molecule has 9 rings (SSSR count). The van der Waals surface area contributed by atoms with E-state index in [4.69, 9.17) is 0 Å². The molecule has 202 valence electrons. The van der Waals surface area contributed by atoms with Crippen LogP contribution in [0.15, 0.2) is 152 Å². The monoisotopic (exact) mass is 583 g/mol. The van der Waals surface area contributed by atoms with E-state index in [1.807, 2.05) is 22.7 Å². The van der Waals surface area contributed by atoms with Crippen LogP contribution in [0.5, 0.6) is 0 Å². The van der Waals surface area contributed by atoms with Gasteiger partial charge in [0.1, 0.15) is 0 Å². The van der Waals surface area contributed by atoms with E-state index in [-0.39, 0.29) is 0 Å². The summed E-state index contributed by atoms with van der Waals surface area (Å²) in [4.78, 5) is 2.53. The van der Waals surface area contributed by atoms with Crippen molar-refractivity contribution in [1.82, 2.24) is 0 Å². The Morgan fingerprint density at radius 1 is 0.419 bits per heavy atom. The molecule has 0 N–H and O–H groups in total. The summed E-state index contributed by atoms with van der Waals surface area (Å²) in [6.45, 7) is 0. The van der Waals surface area contributed by atoms with Crippen molar-refractivity contribution in [2.75, 3.05) is 4.90 Å². The molecule has 2 heterocycles. The van der Waals surface area contributed by atoms with Crippen LogP contribution in [0.25, 0.3) is 62.2 Å². The van der Waals surface area contributed by atoms with E-state index >= 15 is 0 Å². The Labute approximate surface area is 257 Å². The fourth-order valence-corrected chi connectivity index (χ4v) is 8.91. The second-order valence-corrected chi connectivity index (χ2v) is 13.0. The van der Waals surface area contributed by atoms with Crippen LogP contribution in [-0.4, -0.2) is 0 Å². The van der Waals surface area contributed by atoms with Crippen LogP contribution in [0.3, 0.4) is 0 Å². The van der Waals surface area contributed by atoms with Crippen LogP contribution < -0.4 is 4.90 Å². The van der Waals surface area contributed by atoms with Crippen LogP contribution in [-0.2, 0) is 0 Å². The Balaban J connectivity index is 1.45. The molecule has 0 aliphatic rings. The summed E-state index contributed by atoms with van der Waals surface area (Å²) in [5.41, 5.74) is 6.03. The van der Waals surface area contributed by atoms with E-state index in [0.717, 1.165) is 5.69 Å². The Kier molecular flexibility index (Phi) is 5.62. The quantitative estimate of drug-likeness (QED) is 0.199. The van der Waals surface area contributed by atoms with Crippen LogP contribution in [0.1, 0.15) is 0 Å². The molecular formula is C40H25NS2. The van der Waals surface area contributed by atoms with Gasteiger partial charge in [0, 0.05) is 42.2 Å². The zero-order valence-corrected chi connectivity index (χ0v) is 24.8. The van der Waals surface area contributed by atoms with Gasteiger partial charge in [0.25, 0.3) is 0 Å². The van der Waals surface area contributed by atoms with Gasteiger partial charge >= 0.3 is 0 Å². The molecule has 43 heavy (non-hydrogen) atoms. The Hall–Kier alpha value is -4.96. The van der Waals surface area contributed by atoms with Gasteiger partial charge in [0.15, 0.2) is 0 Å². The standard InChI is InChI=1S/C40H25NS2/c1-2-12-27(13-3-1)30-23-24-34-32-16-7-9-20-37(32)43-40(34)38(30)41(29-22-21-26-11-4-5-14-28(26)25-29)35-18-10-17-33-31-15-6-8-19-36(31)42-39(33)35/h1-25H. The number of rotatable bonds is 4. The van der Waals surface area contributed by atoms with E-state index in [1.165, 1.54) is 73.6 Å². The van der Waals surface area contributed by atoms with E-state index in [2.05, 4.69) is 157 Å². The molecule has 0 radical (unpaired) electrons.